The highest BCUT2D eigenvalue weighted by Crippen LogP contribution is 2.34. The van der Waals surface area contributed by atoms with Gasteiger partial charge in [-0.15, -0.1) is 0 Å². The number of aromatic nitrogens is 5. The molecule has 0 saturated carbocycles. The maximum atomic E-state index is 13.0. The van der Waals surface area contributed by atoms with E-state index in [4.69, 9.17) is 16.3 Å². The fourth-order valence-corrected chi connectivity index (χ4v) is 5.45. The van der Waals surface area contributed by atoms with Gasteiger partial charge in [-0.1, -0.05) is 53.3 Å². The minimum atomic E-state index is -1.08. The zero-order valence-electron chi connectivity index (χ0n) is 20.7. The van der Waals surface area contributed by atoms with Crippen molar-refractivity contribution in [2.45, 2.75) is 32.1 Å². The number of rotatable bonds is 8. The Labute approximate surface area is 227 Å². The van der Waals surface area contributed by atoms with Crippen molar-refractivity contribution in [3.8, 4) is 11.5 Å². The number of anilines is 1. The molecule has 0 aliphatic carbocycles. The summed E-state index contributed by atoms with van der Waals surface area (Å²) in [6.07, 6.45) is 1.55. The summed E-state index contributed by atoms with van der Waals surface area (Å²) >= 11 is 7.22. The van der Waals surface area contributed by atoms with Crippen molar-refractivity contribution in [1.29, 1.82) is 0 Å². The van der Waals surface area contributed by atoms with Gasteiger partial charge in [0.2, 0.25) is 0 Å². The highest BCUT2D eigenvalue weighted by Gasteiger charge is 2.34. The molecule has 1 aliphatic heterocycles. The number of carbonyl (C=O) groups excluding carboxylic acids is 1. The number of carboxylic acid groups (broad SMARTS) is 1. The van der Waals surface area contributed by atoms with Crippen LogP contribution in [0.3, 0.4) is 0 Å². The van der Waals surface area contributed by atoms with Crippen molar-refractivity contribution in [3.05, 3.63) is 69.6 Å². The standard InChI is InChI=1S/C25H26ClN7O4S/c1-14-16(26)10-18(29-14)23(34)30-17-8-9-33(11-19(17)37-12-15-6-4-3-5-7-15)25-31-20(21(38-25)24(35)36)22-27-13-28-32(22)2/h3-7,10,13,17,19,29H,8-9,11-12H2,1-2H3,(H,30,34)(H,35,36)/t17-,19+/m1/s1. The molecule has 3 N–H and O–H groups in total. The largest absolute Gasteiger partial charge is 0.477 e. The first-order valence-electron chi connectivity index (χ1n) is 11.9. The number of piperidine rings is 1. The molecule has 1 aliphatic rings. The van der Waals surface area contributed by atoms with Crippen LogP contribution in [0, 0.1) is 6.92 Å². The lowest BCUT2D eigenvalue weighted by molar-refractivity contribution is 0.00967. The van der Waals surface area contributed by atoms with E-state index in [0.29, 0.717) is 47.8 Å². The summed E-state index contributed by atoms with van der Waals surface area (Å²) in [6.45, 7) is 3.12. The van der Waals surface area contributed by atoms with Crippen molar-refractivity contribution in [3.63, 3.8) is 0 Å². The maximum absolute atomic E-state index is 13.0. The number of hydrogen-bond donors (Lipinski definition) is 3. The lowest BCUT2D eigenvalue weighted by Crippen LogP contribution is -2.55. The van der Waals surface area contributed by atoms with E-state index >= 15 is 0 Å². The number of hydrogen-bond acceptors (Lipinski definition) is 8. The first-order valence-corrected chi connectivity index (χ1v) is 13.1. The van der Waals surface area contributed by atoms with Crippen LogP contribution in [0.1, 0.15) is 37.8 Å². The Kier molecular flexibility index (Phi) is 7.45. The van der Waals surface area contributed by atoms with E-state index in [-0.39, 0.29) is 28.6 Å². The summed E-state index contributed by atoms with van der Waals surface area (Å²) in [5.41, 5.74) is 2.39. The van der Waals surface area contributed by atoms with Gasteiger partial charge in [0, 0.05) is 25.8 Å². The Bertz CT molecular complexity index is 1430. The molecule has 4 heterocycles. The molecule has 1 amide bonds. The Morgan fingerprint density at radius 2 is 2.11 bits per heavy atom. The third-order valence-electron chi connectivity index (χ3n) is 6.38. The fraction of sp³-hybridized carbons (Fsp3) is 0.320. The number of amides is 1. The Morgan fingerprint density at radius 3 is 2.76 bits per heavy atom. The third kappa shape index (κ3) is 5.42. The van der Waals surface area contributed by atoms with E-state index in [1.807, 2.05) is 35.2 Å². The summed E-state index contributed by atoms with van der Waals surface area (Å²) < 4.78 is 7.81. The number of ether oxygens (including phenoxy) is 1. The second-order valence-electron chi connectivity index (χ2n) is 8.99. The van der Waals surface area contributed by atoms with E-state index < -0.39 is 5.97 Å². The molecular weight excluding hydrogens is 530 g/mol. The fourth-order valence-electron chi connectivity index (χ4n) is 4.35. The van der Waals surface area contributed by atoms with Gasteiger partial charge in [-0.2, -0.15) is 5.10 Å². The second-order valence-corrected chi connectivity index (χ2v) is 10.4. The average Bonchev–Trinajstić information content (AvgIpc) is 3.62. The number of aromatic amines is 1. The highest BCUT2D eigenvalue weighted by molar-refractivity contribution is 7.17. The maximum Gasteiger partial charge on any atom is 0.348 e. The Morgan fingerprint density at radius 1 is 1.32 bits per heavy atom. The zero-order valence-corrected chi connectivity index (χ0v) is 22.3. The van der Waals surface area contributed by atoms with E-state index in [9.17, 15) is 14.7 Å². The number of nitrogens with zero attached hydrogens (tertiary/aromatic N) is 5. The van der Waals surface area contributed by atoms with Crippen LogP contribution in [-0.2, 0) is 18.4 Å². The first-order chi connectivity index (χ1) is 18.3. The topological polar surface area (TPSA) is 138 Å². The van der Waals surface area contributed by atoms with Gasteiger partial charge >= 0.3 is 5.97 Å². The number of nitrogens with one attached hydrogen (secondary N) is 2. The monoisotopic (exact) mass is 555 g/mol. The normalized spacial score (nSPS) is 17.5. The van der Waals surface area contributed by atoms with Crippen LogP contribution in [0.5, 0.6) is 0 Å². The molecule has 1 fully saturated rings. The van der Waals surface area contributed by atoms with Gasteiger partial charge in [0.15, 0.2) is 11.0 Å². The molecule has 38 heavy (non-hydrogen) atoms. The molecule has 13 heteroatoms. The minimum absolute atomic E-state index is 0.0901. The lowest BCUT2D eigenvalue weighted by atomic mass is 10.0. The predicted molar refractivity (Wildman–Crippen MR) is 143 cm³/mol. The number of aromatic carboxylic acids is 1. The van der Waals surface area contributed by atoms with Crippen LogP contribution in [0.2, 0.25) is 5.02 Å². The number of thiazole rings is 1. The quantitative estimate of drug-likeness (QED) is 0.300. The van der Waals surface area contributed by atoms with E-state index in [1.54, 1.807) is 20.0 Å². The number of carbonyl (C=O) groups is 2. The van der Waals surface area contributed by atoms with E-state index in [1.165, 1.54) is 11.0 Å². The van der Waals surface area contributed by atoms with Gasteiger partial charge in [-0.05, 0) is 25.0 Å². The number of aryl methyl sites for hydroxylation is 2. The predicted octanol–water partition coefficient (Wildman–Crippen LogP) is 3.52. The molecule has 0 bridgehead atoms. The number of H-pyrrole nitrogens is 1. The van der Waals surface area contributed by atoms with Gasteiger partial charge in [-0.25, -0.2) is 19.4 Å². The average molecular weight is 556 g/mol. The molecule has 0 radical (unpaired) electrons. The van der Waals surface area contributed by atoms with Crippen molar-refractivity contribution >= 4 is 39.9 Å². The molecule has 4 aromatic rings. The SMILES string of the molecule is Cc1[nH]c(C(=O)N[C@@H]2CCN(c3nc(-c4ncnn4C)c(C(=O)O)s3)C[C@@H]2OCc2ccccc2)cc1Cl. The Hall–Kier alpha value is -3.74. The molecular formula is C25H26ClN7O4S. The molecule has 2 atom stereocenters. The second kappa shape index (κ2) is 10.9. The van der Waals surface area contributed by atoms with Crippen molar-refractivity contribution in [2.24, 2.45) is 7.05 Å². The van der Waals surface area contributed by atoms with Crippen LogP contribution >= 0.6 is 22.9 Å². The zero-order chi connectivity index (χ0) is 26.8. The molecule has 0 unspecified atom stereocenters. The number of benzene rings is 1. The van der Waals surface area contributed by atoms with Crippen molar-refractivity contribution in [1.82, 2.24) is 30.0 Å². The number of carboxylic acids is 1. The van der Waals surface area contributed by atoms with Crippen LogP contribution in [-0.4, -0.2) is 67.0 Å². The number of halogens is 1. The van der Waals surface area contributed by atoms with Crippen LogP contribution in [0.15, 0.2) is 42.7 Å². The molecule has 1 saturated heterocycles. The molecule has 1 aromatic carbocycles. The van der Waals surface area contributed by atoms with E-state index in [2.05, 4.69) is 25.4 Å². The van der Waals surface area contributed by atoms with Gasteiger partial charge in [0.1, 0.15) is 22.6 Å². The molecule has 3 aromatic heterocycles. The minimum Gasteiger partial charge on any atom is -0.477 e. The highest BCUT2D eigenvalue weighted by atomic mass is 35.5. The van der Waals surface area contributed by atoms with Crippen molar-refractivity contribution < 1.29 is 19.4 Å². The van der Waals surface area contributed by atoms with Gasteiger partial charge in [0.05, 0.1) is 23.8 Å². The molecule has 0 spiro atoms. The summed E-state index contributed by atoms with van der Waals surface area (Å²) in [7, 11) is 1.69. The summed E-state index contributed by atoms with van der Waals surface area (Å²) in [6, 6.07) is 11.1. The first kappa shape index (κ1) is 25.9. The summed E-state index contributed by atoms with van der Waals surface area (Å²) in [4.78, 5) is 38.9. The smallest absolute Gasteiger partial charge is 0.348 e. The van der Waals surface area contributed by atoms with Gasteiger partial charge in [0.25, 0.3) is 5.91 Å². The van der Waals surface area contributed by atoms with E-state index in [0.717, 1.165) is 22.6 Å². The van der Waals surface area contributed by atoms with Crippen LogP contribution in [0.25, 0.3) is 11.5 Å². The molecule has 11 nitrogen and oxygen atoms in total. The van der Waals surface area contributed by atoms with Crippen LogP contribution < -0.4 is 10.2 Å². The van der Waals surface area contributed by atoms with Crippen LogP contribution in [0.4, 0.5) is 5.13 Å². The van der Waals surface area contributed by atoms with Gasteiger partial charge < -0.3 is 25.0 Å². The lowest BCUT2D eigenvalue weighted by Gasteiger charge is -2.38. The third-order valence-corrected chi connectivity index (χ3v) is 7.88. The van der Waals surface area contributed by atoms with Gasteiger partial charge in [-0.3, -0.25) is 4.79 Å². The van der Waals surface area contributed by atoms with Crippen molar-refractivity contribution in [2.75, 3.05) is 18.0 Å². The molecule has 198 valence electrons. The summed E-state index contributed by atoms with van der Waals surface area (Å²) in [5.74, 6) is -0.965. The Balaban J connectivity index is 1.38. The summed E-state index contributed by atoms with van der Waals surface area (Å²) in [5, 5.41) is 18.0. The molecule has 5 rings (SSSR count).